The molecule has 0 heterocycles. The fraction of sp³-hybridized carbons (Fsp3) is 0.435. The van der Waals surface area contributed by atoms with Crippen molar-refractivity contribution in [3.63, 3.8) is 0 Å². The number of hydrogen-bond acceptors (Lipinski definition) is 3. The van der Waals surface area contributed by atoms with Gasteiger partial charge in [0, 0.05) is 19.0 Å². The van der Waals surface area contributed by atoms with Gasteiger partial charge in [-0.2, -0.15) is 0 Å². The minimum atomic E-state index is -0.0808. The average molecular weight is 370 g/mol. The predicted octanol–water partition coefficient (Wildman–Crippen LogP) is 4.88. The van der Waals surface area contributed by atoms with Crippen molar-refractivity contribution in [2.45, 2.75) is 39.0 Å². The Morgan fingerprint density at radius 1 is 1.07 bits per heavy atom. The van der Waals surface area contributed by atoms with E-state index in [-0.39, 0.29) is 12.5 Å². The van der Waals surface area contributed by atoms with Gasteiger partial charge in [-0.1, -0.05) is 68.7 Å². The average Bonchev–Trinajstić information content (AvgIpc) is 2.70. The number of hydrogen-bond donors (Lipinski definition) is 1. The lowest BCUT2D eigenvalue weighted by Crippen LogP contribution is -2.30. The molecule has 2 aromatic carbocycles. The van der Waals surface area contributed by atoms with Gasteiger partial charge in [-0.3, -0.25) is 4.79 Å². The van der Waals surface area contributed by atoms with Crippen LogP contribution < -0.4 is 10.1 Å². The van der Waals surface area contributed by atoms with Gasteiger partial charge in [-0.25, -0.2) is 0 Å². The molecular weight excluding hydrogens is 338 g/mol. The topological polar surface area (TPSA) is 47.6 Å². The van der Waals surface area contributed by atoms with E-state index in [2.05, 4.69) is 24.4 Å². The monoisotopic (exact) mass is 369 g/mol. The molecule has 0 bridgehead atoms. The van der Waals surface area contributed by atoms with Crippen LogP contribution in [-0.2, 0) is 9.53 Å². The molecule has 0 spiro atoms. The Labute approximate surface area is 162 Å². The van der Waals surface area contributed by atoms with Crippen LogP contribution in [0.15, 0.2) is 54.1 Å². The van der Waals surface area contributed by atoms with Crippen molar-refractivity contribution in [2.24, 2.45) is 0 Å². The maximum atomic E-state index is 12.5. The van der Waals surface area contributed by atoms with Gasteiger partial charge in [0.2, 0.25) is 5.91 Å². The van der Waals surface area contributed by atoms with Crippen molar-refractivity contribution < 1.29 is 14.3 Å². The second kappa shape index (κ2) is 12.1. The molecule has 0 aliphatic rings. The SMILES string of the molecule is CCCCCC/C=C(\COc1cccc2ccccc12)C(=O)NCCOC. The smallest absolute Gasteiger partial charge is 0.250 e. The quantitative estimate of drug-likeness (QED) is 0.428. The predicted molar refractivity (Wildman–Crippen MR) is 111 cm³/mol. The highest BCUT2D eigenvalue weighted by Gasteiger charge is 2.11. The van der Waals surface area contributed by atoms with Gasteiger partial charge in [-0.15, -0.1) is 0 Å². The Morgan fingerprint density at radius 2 is 1.89 bits per heavy atom. The highest BCUT2D eigenvalue weighted by atomic mass is 16.5. The fourth-order valence-corrected chi connectivity index (χ4v) is 2.92. The van der Waals surface area contributed by atoms with Crippen LogP contribution in [0.5, 0.6) is 5.75 Å². The van der Waals surface area contributed by atoms with Crippen LogP contribution in [0.2, 0.25) is 0 Å². The molecule has 1 amide bonds. The molecule has 0 atom stereocenters. The number of fused-ring (bicyclic) bond motifs is 1. The van der Waals surface area contributed by atoms with Crippen molar-refractivity contribution in [1.82, 2.24) is 5.32 Å². The maximum absolute atomic E-state index is 12.5. The largest absolute Gasteiger partial charge is 0.488 e. The first-order valence-corrected chi connectivity index (χ1v) is 9.83. The molecule has 0 saturated carbocycles. The number of carbonyl (C=O) groups is 1. The third kappa shape index (κ3) is 7.06. The van der Waals surface area contributed by atoms with E-state index in [9.17, 15) is 4.79 Å². The van der Waals surface area contributed by atoms with Gasteiger partial charge in [0.15, 0.2) is 0 Å². The van der Waals surface area contributed by atoms with Crippen molar-refractivity contribution in [1.29, 1.82) is 0 Å². The molecule has 146 valence electrons. The molecule has 1 N–H and O–H groups in total. The minimum Gasteiger partial charge on any atom is -0.488 e. The molecule has 0 saturated heterocycles. The summed E-state index contributed by atoms with van der Waals surface area (Å²) in [6.07, 6.45) is 7.63. The van der Waals surface area contributed by atoms with Crippen molar-refractivity contribution in [3.8, 4) is 5.75 Å². The second-order valence-corrected chi connectivity index (χ2v) is 6.59. The molecular formula is C23H31NO3. The normalized spacial score (nSPS) is 11.6. The molecule has 0 aromatic heterocycles. The maximum Gasteiger partial charge on any atom is 0.250 e. The van der Waals surface area contributed by atoms with Crippen LogP contribution in [0.4, 0.5) is 0 Å². The summed E-state index contributed by atoms with van der Waals surface area (Å²) in [4.78, 5) is 12.5. The molecule has 0 fully saturated rings. The number of allylic oxidation sites excluding steroid dienone is 1. The number of ether oxygens (including phenoxy) is 2. The summed E-state index contributed by atoms with van der Waals surface area (Å²) in [5.41, 5.74) is 0.676. The van der Waals surface area contributed by atoms with E-state index in [1.54, 1.807) is 7.11 Å². The zero-order valence-corrected chi connectivity index (χ0v) is 16.5. The lowest BCUT2D eigenvalue weighted by molar-refractivity contribution is -0.118. The van der Waals surface area contributed by atoms with Crippen LogP contribution in [0, 0.1) is 0 Å². The molecule has 27 heavy (non-hydrogen) atoms. The second-order valence-electron chi connectivity index (χ2n) is 6.59. The van der Waals surface area contributed by atoms with Gasteiger partial charge < -0.3 is 14.8 Å². The molecule has 0 radical (unpaired) electrons. The van der Waals surface area contributed by atoms with E-state index in [1.165, 1.54) is 19.3 Å². The Bertz CT molecular complexity index is 734. The number of amides is 1. The van der Waals surface area contributed by atoms with E-state index in [0.717, 1.165) is 29.4 Å². The Morgan fingerprint density at radius 3 is 2.70 bits per heavy atom. The van der Waals surface area contributed by atoms with E-state index in [1.807, 2.05) is 36.4 Å². The Hall–Kier alpha value is -2.33. The zero-order chi connectivity index (χ0) is 19.3. The third-order valence-electron chi connectivity index (χ3n) is 4.46. The molecule has 2 rings (SSSR count). The fourth-order valence-electron chi connectivity index (χ4n) is 2.92. The van der Waals surface area contributed by atoms with E-state index in [0.29, 0.717) is 18.7 Å². The standard InChI is InChI=1S/C23H31NO3/c1-3-4-5-6-7-12-20(23(25)24-16-17-26-2)18-27-22-15-10-13-19-11-8-9-14-21(19)22/h8-15H,3-7,16-18H2,1-2H3,(H,24,25)/b20-12+. The number of carbonyl (C=O) groups excluding carboxylic acids is 1. The molecule has 0 aliphatic carbocycles. The van der Waals surface area contributed by atoms with Crippen molar-refractivity contribution >= 4 is 16.7 Å². The number of unbranched alkanes of at least 4 members (excludes halogenated alkanes) is 4. The number of methoxy groups -OCH3 is 1. The first kappa shape index (κ1) is 21.0. The summed E-state index contributed by atoms with van der Waals surface area (Å²) in [5, 5.41) is 5.08. The zero-order valence-electron chi connectivity index (χ0n) is 16.5. The van der Waals surface area contributed by atoms with Gasteiger partial charge >= 0.3 is 0 Å². The molecule has 4 heteroatoms. The van der Waals surface area contributed by atoms with Crippen molar-refractivity contribution in [2.75, 3.05) is 26.9 Å². The van der Waals surface area contributed by atoms with Gasteiger partial charge in [0.05, 0.1) is 12.2 Å². The minimum absolute atomic E-state index is 0.0808. The summed E-state index contributed by atoms with van der Waals surface area (Å²) in [6, 6.07) is 14.1. The molecule has 2 aromatic rings. The summed E-state index contributed by atoms with van der Waals surface area (Å²) >= 11 is 0. The van der Waals surface area contributed by atoms with Gasteiger partial charge in [-0.05, 0) is 24.3 Å². The number of nitrogens with one attached hydrogen (secondary N) is 1. The van der Waals surface area contributed by atoms with Crippen LogP contribution in [0.3, 0.4) is 0 Å². The van der Waals surface area contributed by atoms with Crippen LogP contribution in [-0.4, -0.2) is 32.8 Å². The van der Waals surface area contributed by atoms with Gasteiger partial charge in [0.1, 0.15) is 12.4 Å². The Balaban J connectivity index is 2.03. The molecule has 0 unspecified atom stereocenters. The van der Waals surface area contributed by atoms with Crippen LogP contribution >= 0.6 is 0 Å². The summed E-state index contributed by atoms with van der Waals surface area (Å²) in [5.74, 6) is 0.720. The van der Waals surface area contributed by atoms with Gasteiger partial charge in [0.25, 0.3) is 0 Å². The first-order chi connectivity index (χ1) is 13.3. The van der Waals surface area contributed by atoms with E-state index in [4.69, 9.17) is 9.47 Å². The highest BCUT2D eigenvalue weighted by molar-refractivity contribution is 5.94. The molecule has 0 aliphatic heterocycles. The number of rotatable bonds is 12. The summed E-state index contributed by atoms with van der Waals surface area (Å²) < 4.78 is 11.0. The molecule has 4 nitrogen and oxygen atoms in total. The Kier molecular flexibility index (Phi) is 9.42. The lowest BCUT2D eigenvalue weighted by atomic mass is 10.1. The van der Waals surface area contributed by atoms with Crippen LogP contribution in [0.25, 0.3) is 10.8 Å². The lowest BCUT2D eigenvalue weighted by Gasteiger charge is -2.12. The van der Waals surface area contributed by atoms with E-state index >= 15 is 0 Å². The third-order valence-corrected chi connectivity index (χ3v) is 4.46. The highest BCUT2D eigenvalue weighted by Crippen LogP contribution is 2.25. The van der Waals surface area contributed by atoms with Crippen molar-refractivity contribution in [3.05, 3.63) is 54.1 Å². The first-order valence-electron chi connectivity index (χ1n) is 9.83. The summed E-state index contributed by atoms with van der Waals surface area (Å²) in [7, 11) is 1.63. The summed E-state index contributed by atoms with van der Waals surface area (Å²) in [6.45, 7) is 3.46. The van der Waals surface area contributed by atoms with Crippen LogP contribution in [0.1, 0.15) is 39.0 Å². The van der Waals surface area contributed by atoms with E-state index < -0.39 is 0 Å². The number of benzene rings is 2.